The summed E-state index contributed by atoms with van der Waals surface area (Å²) >= 11 is 0. The third-order valence-electron chi connectivity index (χ3n) is 4.46. The summed E-state index contributed by atoms with van der Waals surface area (Å²) < 4.78 is 5.24. The summed E-state index contributed by atoms with van der Waals surface area (Å²) in [4.78, 5) is 14.0. The number of urea groups is 1. The van der Waals surface area contributed by atoms with E-state index in [4.69, 9.17) is 4.74 Å². The first-order valence-corrected chi connectivity index (χ1v) is 7.60. The molecule has 0 aliphatic carbocycles. The first-order valence-electron chi connectivity index (χ1n) is 7.60. The normalized spacial score (nSPS) is 13.1. The Morgan fingerprint density at radius 3 is 1.96 bits per heavy atom. The molecule has 1 N–H and O–H groups in total. The number of amides is 2. The molecule has 4 heteroatoms. The van der Waals surface area contributed by atoms with E-state index in [1.54, 1.807) is 19.1 Å². The molecular weight excluding hydrogens is 288 g/mol. The average Bonchev–Trinajstić information content (AvgIpc) is 2.60. The van der Waals surface area contributed by atoms with Gasteiger partial charge in [0.15, 0.2) is 0 Å². The molecule has 2 rings (SSSR count). The lowest BCUT2D eigenvalue weighted by Crippen LogP contribution is -2.49. The van der Waals surface area contributed by atoms with Crippen molar-refractivity contribution in [2.75, 3.05) is 21.2 Å². The number of rotatable bonds is 4. The molecule has 0 heterocycles. The lowest BCUT2D eigenvalue weighted by atomic mass is 9.83. The molecule has 0 unspecified atom stereocenters. The first kappa shape index (κ1) is 16.9. The number of benzene rings is 2. The van der Waals surface area contributed by atoms with E-state index in [-0.39, 0.29) is 6.03 Å². The van der Waals surface area contributed by atoms with Crippen LogP contribution in [-0.2, 0) is 5.54 Å². The van der Waals surface area contributed by atoms with Gasteiger partial charge in [-0.3, -0.25) is 0 Å². The lowest BCUT2D eigenvalue weighted by Gasteiger charge is -2.40. The van der Waals surface area contributed by atoms with Gasteiger partial charge in [0.25, 0.3) is 0 Å². The Labute approximate surface area is 138 Å². The summed E-state index contributed by atoms with van der Waals surface area (Å²) in [5.74, 6) is 0.794. The zero-order valence-electron chi connectivity index (χ0n) is 14.4. The topological polar surface area (TPSA) is 41.6 Å². The largest absolute Gasteiger partial charge is 0.497 e. The highest BCUT2D eigenvalue weighted by Gasteiger charge is 2.36. The second-order valence-corrected chi connectivity index (χ2v) is 5.78. The van der Waals surface area contributed by atoms with Crippen molar-refractivity contribution in [3.05, 3.63) is 65.2 Å². The SMILES string of the molecule is CNC(=O)N(C)[C@@](C)(c1ccc(C)cc1)c1ccc(OC)cc1. The predicted octanol–water partition coefficient (Wildman–Crippen LogP) is 3.54. The van der Waals surface area contributed by atoms with Crippen molar-refractivity contribution in [2.24, 2.45) is 0 Å². The van der Waals surface area contributed by atoms with E-state index in [2.05, 4.69) is 43.4 Å². The Kier molecular flexibility index (Phi) is 4.94. The van der Waals surface area contributed by atoms with Crippen LogP contribution in [0.1, 0.15) is 23.6 Å². The molecule has 0 aliphatic heterocycles. The number of methoxy groups -OCH3 is 1. The van der Waals surface area contributed by atoms with Crippen LogP contribution in [0.25, 0.3) is 0 Å². The van der Waals surface area contributed by atoms with Gasteiger partial charge in [-0.25, -0.2) is 4.79 Å². The molecule has 0 bridgehead atoms. The Morgan fingerprint density at radius 1 is 1.04 bits per heavy atom. The van der Waals surface area contributed by atoms with Gasteiger partial charge in [-0.15, -0.1) is 0 Å². The summed E-state index contributed by atoms with van der Waals surface area (Å²) in [6.45, 7) is 4.10. The minimum absolute atomic E-state index is 0.135. The molecular formula is C19H24N2O2. The monoisotopic (exact) mass is 312 g/mol. The van der Waals surface area contributed by atoms with E-state index >= 15 is 0 Å². The van der Waals surface area contributed by atoms with Gasteiger partial charge in [-0.05, 0) is 37.1 Å². The van der Waals surface area contributed by atoms with Crippen LogP contribution in [0, 0.1) is 6.92 Å². The van der Waals surface area contributed by atoms with Gasteiger partial charge < -0.3 is 15.0 Å². The maximum absolute atomic E-state index is 12.3. The third kappa shape index (κ3) is 3.16. The van der Waals surface area contributed by atoms with Crippen molar-refractivity contribution < 1.29 is 9.53 Å². The van der Waals surface area contributed by atoms with Crippen LogP contribution in [0.15, 0.2) is 48.5 Å². The zero-order chi connectivity index (χ0) is 17.0. The molecule has 0 aromatic heterocycles. The molecule has 0 aliphatic rings. The molecule has 23 heavy (non-hydrogen) atoms. The van der Waals surface area contributed by atoms with Crippen LogP contribution < -0.4 is 10.1 Å². The van der Waals surface area contributed by atoms with Crippen molar-refractivity contribution in [2.45, 2.75) is 19.4 Å². The van der Waals surface area contributed by atoms with Crippen LogP contribution in [0.5, 0.6) is 5.75 Å². The molecule has 4 nitrogen and oxygen atoms in total. The minimum atomic E-state index is -0.583. The molecule has 122 valence electrons. The van der Waals surface area contributed by atoms with Crippen molar-refractivity contribution >= 4 is 6.03 Å². The molecule has 2 aromatic carbocycles. The summed E-state index contributed by atoms with van der Waals surface area (Å²) in [6.07, 6.45) is 0. The Morgan fingerprint density at radius 2 is 1.52 bits per heavy atom. The average molecular weight is 312 g/mol. The van der Waals surface area contributed by atoms with E-state index in [0.29, 0.717) is 0 Å². The second kappa shape index (κ2) is 6.73. The maximum atomic E-state index is 12.3. The number of carbonyl (C=O) groups is 1. The molecule has 0 radical (unpaired) electrons. The number of nitrogens with one attached hydrogen (secondary N) is 1. The van der Waals surface area contributed by atoms with Gasteiger partial charge in [0.1, 0.15) is 5.75 Å². The lowest BCUT2D eigenvalue weighted by molar-refractivity contribution is 0.168. The van der Waals surface area contributed by atoms with Gasteiger partial charge in [-0.2, -0.15) is 0 Å². The third-order valence-corrected chi connectivity index (χ3v) is 4.46. The van der Waals surface area contributed by atoms with E-state index in [1.165, 1.54) is 5.56 Å². The van der Waals surface area contributed by atoms with E-state index in [9.17, 15) is 4.79 Å². The summed E-state index contributed by atoms with van der Waals surface area (Å²) in [5.41, 5.74) is 2.68. The van der Waals surface area contributed by atoms with Crippen molar-refractivity contribution in [3.8, 4) is 5.75 Å². The van der Waals surface area contributed by atoms with Crippen LogP contribution in [0.2, 0.25) is 0 Å². The molecule has 2 aromatic rings. The highest BCUT2D eigenvalue weighted by Crippen LogP contribution is 2.35. The summed E-state index contributed by atoms with van der Waals surface area (Å²) in [6, 6.07) is 16.0. The minimum Gasteiger partial charge on any atom is -0.497 e. The molecule has 0 fully saturated rings. The van der Waals surface area contributed by atoms with E-state index < -0.39 is 5.54 Å². The molecule has 0 saturated heterocycles. The highest BCUT2D eigenvalue weighted by molar-refractivity contribution is 5.75. The van der Waals surface area contributed by atoms with Crippen LogP contribution >= 0.6 is 0 Å². The fraction of sp³-hybridized carbons (Fsp3) is 0.316. The molecule has 2 amide bonds. The quantitative estimate of drug-likeness (QED) is 0.938. The number of ether oxygens (including phenoxy) is 1. The van der Waals surface area contributed by atoms with Crippen LogP contribution in [0.3, 0.4) is 0 Å². The zero-order valence-corrected chi connectivity index (χ0v) is 14.4. The van der Waals surface area contributed by atoms with Gasteiger partial charge in [0.2, 0.25) is 0 Å². The Bertz CT molecular complexity index is 665. The second-order valence-electron chi connectivity index (χ2n) is 5.78. The summed E-state index contributed by atoms with van der Waals surface area (Å²) in [7, 11) is 5.09. The Balaban J connectivity index is 2.57. The number of carbonyl (C=O) groups excluding carboxylic acids is 1. The number of nitrogens with zero attached hydrogens (tertiary/aromatic N) is 1. The first-order chi connectivity index (χ1) is 10.9. The summed E-state index contributed by atoms with van der Waals surface area (Å²) in [5, 5.41) is 2.71. The maximum Gasteiger partial charge on any atom is 0.317 e. The van der Waals surface area contributed by atoms with Crippen molar-refractivity contribution in [1.29, 1.82) is 0 Å². The van der Waals surface area contributed by atoms with Crippen LogP contribution in [0.4, 0.5) is 4.79 Å². The molecule has 0 spiro atoms. The van der Waals surface area contributed by atoms with Crippen LogP contribution in [-0.4, -0.2) is 32.1 Å². The standard InChI is InChI=1S/C19H24N2O2/c1-14-6-8-15(9-7-14)19(2,21(4)18(22)20-3)16-10-12-17(23-5)13-11-16/h6-13H,1-5H3,(H,20,22)/t19-/m0/s1. The van der Waals surface area contributed by atoms with Crippen molar-refractivity contribution in [3.63, 3.8) is 0 Å². The predicted molar refractivity (Wildman–Crippen MR) is 92.8 cm³/mol. The highest BCUT2D eigenvalue weighted by atomic mass is 16.5. The van der Waals surface area contributed by atoms with E-state index in [1.807, 2.05) is 31.3 Å². The smallest absolute Gasteiger partial charge is 0.317 e. The Hall–Kier alpha value is -2.49. The number of hydrogen-bond acceptors (Lipinski definition) is 2. The molecule has 0 saturated carbocycles. The number of aryl methyl sites for hydroxylation is 1. The number of hydrogen-bond donors (Lipinski definition) is 1. The van der Waals surface area contributed by atoms with Gasteiger partial charge in [-0.1, -0.05) is 42.0 Å². The van der Waals surface area contributed by atoms with Gasteiger partial charge in [0.05, 0.1) is 12.6 Å². The molecule has 1 atom stereocenters. The van der Waals surface area contributed by atoms with Crippen molar-refractivity contribution in [1.82, 2.24) is 10.2 Å². The fourth-order valence-corrected chi connectivity index (χ4v) is 2.72. The van der Waals surface area contributed by atoms with Gasteiger partial charge >= 0.3 is 6.03 Å². The van der Waals surface area contributed by atoms with E-state index in [0.717, 1.165) is 16.9 Å². The van der Waals surface area contributed by atoms with Gasteiger partial charge in [0, 0.05) is 14.1 Å². The fourth-order valence-electron chi connectivity index (χ4n) is 2.72.